The molecule has 8 nitrogen and oxygen atoms in total. The Morgan fingerprint density at radius 3 is 2.39 bits per heavy atom. The zero-order valence-corrected chi connectivity index (χ0v) is 19.3. The van der Waals surface area contributed by atoms with Gasteiger partial charge in [0, 0.05) is 18.5 Å². The van der Waals surface area contributed by atoms with Crippen molar-refractivity contribution in [3.05, 3.63) is 65.2 Å². The molecule has 8 heteroatoms. The Balaban J connectivity index is 1.92. The third-order valence-corrected chi connectivity index (χ3v) is 5.96. The lowest BCUT2D eigenvalue weighted by Gasteiger charge is -2.33. The summed E-state index contributed by atoms with van der Waals surface area (Å²) in [5, 5.41) is 36.8. The van der Waals surface area contributed by atoms with Gasteiger partial charge in [0.25, 0.3) is 0 Å². The first kappa shape index (κ1) is 24.7. The van der Waals surface area contributed by atoms with Crippen LogP contribution in [-0.2, 0) is 28.2 Å². The van der Waals surface area contributed by atoms with Crippen molar-refractivity contribution >= 4 is 11.8 Å². The highest BCUT2D eigenvalue weighted by Crippen LogP contribution is 2.35. The van der Waals surface area contributed by atoms with E-state index in [4.69, 9.17) is 0 Å². The summed E-state index contributed by atoms with van der Waals surface area (Å²) in [5.41, 5.74) is 1.96. The summed E-state index contributed by atoms with van der Waals surface area (Å²) in [6.07, 6.45) is 0.940. The number of amides is 2. The van der Waals surface area contributed by atoms with Crippen molar-refractivity contribution in [2.45, 2.75) is 51.8 Å². The van der Waals surface area contributed by atoms with Crippen LogP contribution in [0.15, 0.2) is 48.5 Å². The molecule has 0 fully saturated rings. The molecule has 3 atom stereocenters. The van der Waals surface area contributed by atoms with Gasteiger partial charge in [0.2, 0.25) is 11.8 Å². The van der Waals surface area contributed by atoms with Crippen LogP contribution < -0.4 is 16.1 Å². The molecule has 1 aliphatic carbocycles. The van der Waals surface area contributed by atoms with Crippen LogP contribution >= 0.6 is 0 Å². The molecule has 0 spiro atoms. The molecule has 0 unspecified atom stereocenters. The van der Waals surface area contributed by atoms with E-state index in [1.165, 1.54) is 6.07 Å². The topological polar surface area (TPSA) is 131 Å². The third kappa shape index (κ3) is 5.90. The van der Waals surface area contributed by atoms with Crippen LogP contribution in [0.3, 0.4) is 0 Å². The molecule has 2 amide bonds. The number of fused-ring (bicyclic) bond motifs is 1. The van der Waals surface area contributed by atoms with Gasteiger partial charge >= 0.3 is 0 Å². The van der Waals surface area contributed by atoms with Crippen LogP contribution in [0.4, 0.5) is 0 Å². The average molecular weight is 456 g/mol. The molecule has 2 aromatic carbocycles. The van der Waals surface area contributed by atoms with Crippen LogP contribution in [0.25, 0.3) is 0 Å². The Hall–Kier alpha value is -2.94. The fourth-order valence-electron chi connectivity index (χ4n) is 4.20. The summed E-state index contributed by atoms with van der Waals surface area (Å²) in [5.74, 6) is -2.39. The van der Waals surface area contributed by atoms with Crippen molar-refractivity contribution in [3.63, 3.8) is 0 Å². The molecular formula is C25H33N3O5. The lowest BCUT2D eigenvalue weighted by molar-refractivity contribution is -0.141. The molecule has 0 heterocycles. The van der Waals surface area contributed by atoms with Crippen molar-refractivity contribution in [1.82, 2.24) is 16.1 Å². The standard InChI is InChI=1S/C25H33N3O5/c1-24(2,3)15-26-21(18(22(30)28-33)14-17-9-5-7-11-20(17)29)23(31)27-25(32)13-12-16-8-4-6-10-19(16)25/h4-11,18,21,26,29,32-33H,12-15H2,1-3H3,(H,27,31)(H,28,30)/t18-,21+,25-/m0/s1. The second-order valence-corrected chi connectivity index (χ2v) is 9.84. The number of phenolic OH excluding ortho intramolecular Hbond substituents is 1. The van der Waals surface area contributed by atoms with Gasteiger partial charge in [0.1, 0.15) is 5.75 Å². The smallest absolute Gasteiger partial charge is 0.248 e. The van der Waals surface area contributed by atoms with Crippen molar-refractivity contribution in [1.29, 1.82) is 0 Å². The molecule has 0 aliphatic heterocycles. The quantitative estimate of drug-likeness (QED) is 0.205. The third-order valence-electron chi connectivity index (χ3n) is 5.96. The minimum Gasteiger partial charge on any atom is -0.508 e. The molecule has 6 N–H and O–H groups in total. The number of hydrogen-bond acceptors (Lipinski definition) is 6. The largest absolute Gasteiger partial charge is 0.508 e. The first-order valence-corrected chi connectivity index (χ1v) is 11.1. The van der Waals surface area contributed by atoms with Crippen molar-refractivity contribution in [2.24, 2.45) is 11.3 Å². The lowest BCUT2D eigenvalue weighted by Crippen LogP contribution is -2.58. The number of aliphatic hydroxyl groups is 1. The maximum absolute atomic E-state index is 13.5. The Morgan fingerprint density at radius 2 is 1.73 bits per heavy atom. The lowest BCUT2D eigenvalue weighted by atomic mass is 9.88. The zero-order valence-electron chi connectivity index (χ0n) is 19.3. The van der Waals surface area contributed by atoms with Gasteiger partial charge in [-0.05, 0) is 35.4 Å². The SMILES string of the molecule is CC(C)(C)CN[C@@H](C(=O)N[C@]1(O)CCc2ccccc21)[C@H](Cc1ccccc1O)C(=O)NO. The maximum atomic E-state index is 13.5. The second-order valence-electron chi connectivity index (χ2n) is 9.84. The number of benzene rings is 2. The van der Waals surface area contributed by atoms with E-state index in [9.17, 15) is 25.0 Å². The molecule has 0 radical (unpaired) electrons. The average Bonchev–Trinajstić information content (AvgIpc) is 3.09. The number of nitrogens with one attached hydrogen (secondary N) is 3. The Kier molecular flexibility index (Phi) is 7.41. The minimum absolute atomic E-state index is 0.00329. The number of para-hydroxylation sites is 1. The molecule has 3 rings (SSSR count). The number of carbonyl (C=O) groups excluding carboxylic acids is 2. The maximum Gasteiger partial charge on any atom is 0.248 e. The molecule has 0 bridgehead atoms. The second kappa shape index (κ2) is 9.91. The minimum atomic E-state index is -1.55. The van der Waals surface area contributed by atoms with E-state index in [1.54, 1.807) is 35.8 Å². The van der Waals surface area contributed by atoms with Crippen LogP contribution in [0.5, 0.6) is 5.75 Å². The number of hydroxylamine groups is 1. The normalized spacial score (nSPS) is 19.4. The number of hydrogen-bond donors (Lipinski definition) is 6. The highest BCUT2D eigenvalue weighted by atomic mass is 16.5. The number of carbonyl (C=O) groups is 2. The summed E-state index contributed by atoms with van der Waals surface area (Å²) in [4.78, 5) is 26.2. The highest BCUT2D eigenvalue weighted by molar-refractivity contribution is 5.90. The van der Waals surface area contributed by atoms with Crippen molar-refractivity contribution in [3.8, 4) is 5.75 Å². The van der Waals surface area contributed by atoms with Gasteiger partial charge in [-0.15, -0.1) is 0 Å². The fourth-order valence-corrected chi connectivity index (χ4v) is 4.20. The van der Waals surface area contributed by atoms with Gasteiger partial charge in [-0.1, -0.05) is 63.2 Å². The first-order chi connectivity index (χ1) is 15.5. The molecule has 178 valence electrons. The van der Waals surface area contributed by atoms with E-state index >= 15 is 0 Å². The van der Waals surface area contributed by atoms with Gasteiger partial charge in [-0.2, -0.15) is 0 Å². The number of phenols is 1. The van der Waals surface area contributed by atoms with Gasteiger partial charge in [0.15, 0.2) is 5.72 Å². The molecule has 33 heavy (non-hydrogen) atoms. The van der Waals surface area contributed by atoms with Crippen molar-refractivity contribution in [2.75, 3.05) is 6.54 Å². The van der Waals surface area contributed by atoms with E-state index in [0.29, 0.717) is 30.5 Å². The summed E-state index contributed by atoms with van der Waals surface area (Å²) < 4.78 is 0. The van der Waals surface area contributed by atoms with Crippen LogP contribution in [0.2, 0.25) is 0 Å². The van der Waals surface area contributed by atoms with E-state index in [-0.39, 0.29) is 17.6 Å². The van der Waals surface area contributed by atoms with Gasteiger partial charge in [-0.3, -0.25) is 14.8 Å². The predicted molar refractivity (Wildman–Crippen MR) is 123 cm³/mol. The summed E-state index contributed by atoms with van der Waals surface area (Å²) in [7, 11) is 0. The highest BCUT2D eigenvalue weighted by Gasteiger charge is 2.42. The predicted octanol–water partition coefficient (Wildman–Crippen LogP) is 1.97. The van der Waals surface area contributed by atoms with E-state index in [0.717, 1.165) is 5.56 Å². The van der Waals surface area contributed by atoms with Gasteiger partial charge in [-0.25, -0.2) is 5.48 Å². The van der Waals surface area contributed by atoms with E-state index < -0.39 is 29.5 Å². The number of rotatable bonds is 8. The Bertz CT molecular complexity index is 1000. The summed E-state index contributed by atoms with van der Waals surface area (Å²) >= 11 is 0. The number of aryl methyl sites for hydroxylation is 1. The van der Waals surface area contributed by atoms with Crippen LogP contribution in [0, 0.1) is 11.3 Å². The molecule has 0 saturated heterocycles. The number of aromatic hydroxyl groups is 1. The monoisotopic (exact) mass is 455 g/mol. The van der Waals surface area contributed by atoms with Gasteiger partial charge < -0.3 is 20.8 Å². The Labute approximate surface area is 194 Å². The Morgan fingerprint density at radius 1 is 1.06 bits per heavy atom. The zero-order chi connectivity index (χ0) is 24.2. The molecule has 2 aromatic rings. The first-order valence-electron chi connectivity index (χ1n) is 11.1. The summed E-state index contributed by atoms with van der Waals surface area (Å²) in [6.45, 7) is 6.36. The molecular weight excluding hydrogens is 422 g/mol. The van der Waals surface area contributed by atoms with Crippen molar-refractivity contribution < 1.29 is 25.0 Å². The van der Waals surface area contributed by atoms with Crippen LogP contribution in [0.1, 0.15) is 43.9 Å². The van der Waals surface area contributed by atoms with E-state index in [1.807, 2.05) is 32.9 Å². The fraction of sp³-hybridized carbons (Fsp3) is 0.440. The molecule has 1 aliphatic rings. The summed E-state index contributed by atoms with van der Waals surface area (Å²) in [6, 6.07) is 12.8. The molecule has 0 aromatic heterocycles. The van der Waals surface area contributed by atoms with E-state index in [2.05, 4.69) is 10.6 Å². The van der Waals surface area contributed by atoms with Gasteiger partial charge in [0.05, 0.1) is 12.0 Å². The van der Waals surface area contributed by atoms with Crippen LogP contribution in [-0.4, -0.2) is 39.8 Å². The molecule has 0 saturated carbocycles.